The second-order valence-electron chi connectivity index (χ2n) is 6.01. The highest BCUT2D eigenvalue weighted by Crippen LogP contribution is 2.43. The van der Waals surface area contributed by atoms with Crippen LogP contribution in [-0.2, 0) is 0 Å². The van der Waals surface area contributed by atoms with Gasteiger partial charge in [-0.05, 0) is 39.1 Å². The fourth-order valence-electron chi connectivity index (χ4n) is 3.43. The van der Waals surface area contributed by atoms with E-state index in [0.717, 1.165) is 37.1 Å². The van der Waals surface area contributed by atoms with Gasteiger partial charge in [-0.15, -0.1) is 5.10 Å². The van der Waals surface area contributed by atoms with E-state index >= 15 is 0 Å². The molecule has 1 aromatic carbocycles. The van der Waals surface area contributed by atoms with Crippen LogP contribution in [0, 0.1) is 0 Å². The molecule has 1 fully saturated rings. The molecule has 5 heteroatoms. The fourth-order valence-corrected chi connectivity index (χ4v) is 3.43. The van der Waals surface area contributed by atoms with Gasteiger partial charge in [-0.1, -0.05) is 36.3 Å². The second kappa shape index (κ2) is 5.58. The molecule has 21 heavy (non-hydrogen) atoms. The van der Waals surface area contributed by atoms with Gasteiger partial charge in [-0.3, -0.25) is 0 Å². The lowest BCUT2D eigenvalue weighted by Crippen LogP contribution is -2.47. The summed E-state index contributed by atoms with van der Waals surface area (Å²) in [5.74, 6) is 0. The highest BCUT2D eigenvalue weighted by Gasteiger charge is 2.44. The van der Waals surface area contributed by atoms with E-state index < -0.39 is 6.10 Å². The Morgan fingerprint density at radius 1 is 1.19 bits per heavy atom. The van der Waals surface area contributed by atoms with E-state index in [4.69, 9.17) is 0 Å². The van der Waals surface area contributed by atoms with Crippen molar-refractivity contribution in [2.45, 2.75) is 37.3 Å². The van der Waals surface area contributed by atoms with Crippen molar-refractivity contribution in [1.82, 2.24) is 19.9 Å². The molecule has 0 aliphatic heterocycles. The lowest BCUT2D eigenvalue weighted by atomic mass is 9.87. The van der Waals surface area contributed by atoms with Crippen LogP contribution in [0.15, 0.2) is 36.5 Å². The van der Waals surface area contributed by atoms with E-state index in [1.54, 1.807) is 10.9 Å². The summed E-state index contributed by atoms with van der Waals surface area (Å²) in [4.78, 5) is 2.16. The maximum absolute atomic E-state index is 11.0. The normalized spacial score (nSPS) is 19.0. The molecular formula is C16H22N4O. The number of aliphatic hydroxyl groups excluding tert-OH is 1. The summed E-state index contributed by atoms with van der Waals surface area (Å²) in [6.07, 6.45) is 5.40. The highest BCUT2D eigenvalue weighted by atomic mass is 16.3. The van der Waals surface area contributed by atoms with Gasteiger partial charge in [0.05, 0.1) is 23.1 Å². The minimum atomic E-state index is -0.592. The number of hydrogen-bond donors (Lipinski definition) is 1. The molecule has 1 atom stereocenters. The first kappa shape index (κ1) is 14.2. The monoisotopic (exact) mass is 286 g/mol. The van der Waals surface area contributed by atoms with Gasteiger partial charge in [-0.2, -0.15) is 0 Å². The van der Waals surface area contributed by atoms with Crippen LogP contribution in [0.3, 0.4) is 0 Å². The third-order valence-electron chi connectivity index (χ3n) is 4.73. The average molecular weight is 286 g/mol. The van der Waals surface area contributed by atoms with E-state index in [9.17, 15) is 5.11 Å². The molecule has 1 aromatic heterocycles. The summed E-state index contributed by atoms with van der Waals surface area (Å²) >= 11 is 0. The number of para-hydroxylation sites is 1. The van der Waals surface area contributed by atoms with Crippen LogP contribution in [-0.4, -0.2) is 44.6 Å². The number of likely N-dealkylation sites (N-methyl/N-ethyl adjacent to an activating group) is 1. The molecule has 0 bridgehead atoms. The van der Waals surface area contributed by atoms with Gasteiger partial charge in [-0.25, -0.2) is 4.68 Å². The van der Waals surface area contributed by atoms with Crippen molar-refractivity contribution in [3.63, 3.8) is 0 Å². The van der Waals surface area contributed by atoms with Gasteiger partial charge >= 0.3 is 0 Å². The van der Waals surface area contributed by atoms with E-state index in [0.29, 0.717) is 0 Å². The Morgan fingerprint density at radius 2 is 1.86 bits per heavy atom. The summed E-state index contributed by atoms with van der Waals surface area (Å²) in [6.45, 7) is 0. The SMILES string of the molecule is CN(C)C1(C(O)c2cnnn2-c2ccccc2)CCCC1. The van der Waals surface area contributed by atoms with Crippen molar-refractivity contribution in [1.29, 1.82) is 0 Å². The van der Waals surface area contributed by atoms with Crippen molar-refractivity contribution in [3.8, 4) is 5.69 Å². The number of benzene rings is 1. The van der Waals surface area contributed by atoms with E-state index in [-0.39, 0.29) is 5.54 Å². The lowest BCUT2D eigenvalue weighted by molar-refractivity contribution is -0.00863. The molecule has 3 rings (SSSR count). The summed E-state index contributed by atoms with van der Waals surface area (Å²) < 4.78 is 1.74. The molecule has 112 valence electrons. The third kappa shape index (κ3) is 2.36. The van der Waals surface area contributed by atoms with Gasteiger partial charge in [0, 0.05) is 0 Å². The first-order valence-electron chi connectivity index (χ1n) is 7.47. The first-order valence-corrected chi connectivity index (χ1v) is 7.47. The van der Waals surface area contributed by atoms with Crippen LogP contribution >= 0.6 is 0 Å². The predicted octanol–water partition coefficient (Wildman–Crippen LogP) is 2.18. The van der Waals surface area contributed by atoms with Crippen molar-refractivity contribution >= 4 is 0 Å². The Kier molecular flexibility index (Phi) is 3.78. The minimum absolute atomic E-state index is 0.214. The minimum Gasteiger partial charge on any atom is -0.385 e. The Labute approximate surface area is 125 Å². The molecule has 0 radical (unpaired) electrons. The molecule has 0 spiro atoms. The zero-order chi connectivity index (χ0) is 14.9. The van der Waals surface area contributed by atoms with Crippen LogP contribution in [0.2, 0.25) is 0 Å². The number of hydrogen-bond acceptors (Lipinski definition) is 4. The van der Waals surface area contributed by atoms with Gasteiger partial charge < -0.3 is 10.0 Å². The number of nitrogens with zero attached hydrogens (tertiary/aromatic N) is 4. The molecule has 2 aromatic rings. The quantitative estimate of drug-likeness (QED) is 0.936. The molecule has 0 saturated heterocycles. The van der Waals surface area contributed by atoms with Gasteiger partial charge in [0.1, 0.15) is 6.10 Å². The third-order valence-corrected chi connectivity index (χ3v) is 4.73. The zero-order valence-corrected chi connectivity index (χ0v) is 12.6. The Balaban J connectivity index is 1.99. The van der Waals surface area contributed by atoms with Gasteiger partial charge in [0.2, 0.25) is 0 Å². The summed E-state index contributed by atoms with van der Waals surface area (Å²) in [5, 5.41) is 19.2. The maximum atomic E-state index is 11.0. The number of aromatic nitrogens is 3. The van der Waals surface area contributed by atoms with Crippen LogP contribution in [0.5, 0.6) is 0 Å². The Hall–Kier alpha value is -1.72. The summed E-state index contributed by atoms with van der Waals surface area (Å²) in [7, 11) is 4.09. The van der Waals surface area contributed by atoms with Crippen molar-refractivity contribution < 1.29 is 5.11 Å². The number of aliphatic hydroxyl groups is 1. The molecule has 5 nitrogen and oxygen atoms in total. The van der Waals surface area contributed by atoms with Gasteiger partial charge in [0.15, 0.2) is 0 Å². The van der Waals surface area contributed by atoms with Crippen LogP contribution in [0.25, 0.3) is 5.69 Å². The molecule has 1 heterocycles. The molecule has 1 saturated carbocycles. The number of rotatable bonds is 4. The second-order valence-corrected chi connectivity index (χ2v) is 6.01. The molecule has 1 aliphatic carbocycles. The summed E-state index contributed by atoms with van der Waals surface area (Å²) in [5.41, 5.74) is 1.47. The van der Waals surface area contributed by atoms with Crippen LogP contribution in [0.1, 0.15) is 37.5 Å². The van der Waals surface area contributed by atoms with Crippen LogP contribution < -0.4 is 0 Å². The van der Waals surface area contributed by atoms with Gasteiger partial charge in [0.25, 0.3) is 0 Å². The smallest absolute Gasteiger partial charge is 0.116 e. The Morgan fingerprint density at radius 3 is 2.48 bits per heavy atom. The molecule has 1 N–H and O–H groups in total. The van der Waals surface area contributed by atoms with E-state index in [1.807, 2.05) is 44.4 Å². The molecular weight excluding hydrogens is 264 g/mol. The van der Waals surface area contributed by atoms with E-state index in [1.165, 1.54) is 0 Å². The Bertz CT molecular complexity index is 587. The topological polar surface area (TPSA) is 54.2 Å². The molecule has 1 unspecified atom stereocenters. The predicted molar refractivity (Wildman–Crippen MR) is 81.2 cm³/mol. The largest absolute Gasteiger partial charge is 0.385 e. The van der Waals surface area contributed by atoms with Crippen molar-refractivity contribution in [2.75, 3.05) is 14.1 Å². The maximum Gasteiger partial charge on any atom is 0.116 e. The van der Waals surface area contributed by atoms with E-state index in [2.05, 4.69) is 15.2 Å². The molecule has 0 amide bonds. The fraction of sp³-hybridized carbons (Fsp3) is 0.500. The first-order chi connectivity index (χ1) is 10.1. The highest BCUT2D eigenvalue weighted by molar-refractivity contribution is 5.32. The lowest BCUT2D eigenvalue weighted by Gasteiger charge is -2.40. The van der Waals surface area contributed by atoms with Crippen molar-refractivity contribution in [2.24, 2.45) is 0 Å². The zero-order valence-electron chi connectivity index (χ0n) is 12.6. The average Bonchev–Trinajstić information content (AvgIpc) is 3.17. The molecule has 1 aliphatic rings. The van der Waals surface area contributed by atoms with Crippen molar-refractivity contribution in [3.05, 3.63) is 42.2 Å². The standard InChI is InChI=1S/C16H22N4O/c1-19(2)16(10-6-7-11-16)15(21)14-12-17-18-20(14)13-8-4-3-5-9-13/h3-5,8-9,12,15,21H,6-7,10-11H2,1-2H3. The summed E-state index contributed by atoms with van der Waals surface area (Å²) in [6, 6.07) is 9.84. The van der Waals surface area contributed by atoms with Crippen LogP contribution in [0.4, 0.5) is 0 Å².